The number of ether oxygens (including phenoxy) is 2. The van der Waals surface area contributed by atoms with E-state index in [1.807, 2.05) is 0 Å². The summed E-state index contributed by atoms with van der Waals surface area (Å²) in [5, 5.41) is 27.4. The lowest BCUT2D eigenvalue weighted by Crippen LogP contribution is -2.33. The molecule has 0 radical (unpaired) electrons. The van der Waals surface area contributed by atoms with E-state index in [-0.39, 0.29) is 13.2 Å². The summed E-state index contributed by atoms with van der Waals surface area (Å²) < 4.78 is 9.10. The van der Waals surface area contributed by atoms with Crippen molar-refractivity contribution in [2.75, 3.05) is 13.2 Å². The second kappa shape index (κ2) is 4.76. The SMILES string of the molecule is O=CCOC[C@H](O)[C@H]1OC(=O)C(O)=C1O. The largest absolute Gasteiger partial charge is 0.505 e. The summed E-state index contributed by atoms with van der Waals surface area (Å²) in [6.07, 6.45) is -2.19. The molecule has 15 heavy (non-hydrogen) atoms. The van der Waals surface area contributed by atoms with E-state index in [9.17, 15) is 14.7 Å². The highest BCUT2D eigenvalue weighted by atomic mass is 16.6. The number of hydrogen-bond acceptors (Lipinski definition) is 7. The summed E-state index contributed by atoms with van der Waals surface area (Å²) in [6, 6.07) is 0. The predicted octanol–water partition coefficient (Wildman–Crippen LogP) is -1.18. The summed E-state index contributed by atoms with van der Waals surface area (Å²) in [6.45, 7) is -0.512. The summed E-state index contributed by atoms with van der Waals surface area (Å²) in [5.74, 6) is -2.76. The highest BCUT2D eigenvalue weighted by molar-refractivity contribution is 5.89. The van der Waals surface area contributed by atoms with E-state index in [2.05, 4.69) is 9.47 Å². The van der Waals surface area contributed by atoms with E-state index in [0.29, 0.717) is 6.29 Å². The molecule has 1 aliphatic rings. The van der Waals surface area contributed by atoms with Gasteiger partial charge in [-0.2, -0.15) is 0 Å². The van der Waals surface area contributed by atoms with E-state index in [4.69, 9.17) is 10.2 Å². The second-order valence-corrected chi connectivity index (χ2v) is 2.83. The Labute approximate surface area is 84.5 Å². The molecule has 84 valence electrons. The van der Waals surface area contributed by atoms with E-state index in [1.165, 1.54) is 0 Å². The van der Waals surface area contributed by atoms with Gasteiger partial charge in [-0.15, -0.1) is 0 Å². The first-order chi connectivity index (χ1) is 7.07. The highest BCUT2D eigenvalue weighted by Gasteiger charge is 2.39. The maximum atomic E-state index is 10.7. The van der Waals surface area contributed by atoms with Crippen LogP contribution in [0.2, 0.25) is 0 Å². The molecule has 1 rings (SSSR count). The maximum Gasteiger partial charge on any atom is 0.377 e. The molecular weight excluding hydrogens is 208 g/mol. The molecule has 0 amide bonds. The molecule has 0 fully saturated rings. The third-order valence-electron chi connectivity index (χ3n) is 1.76. The minimum absolute atomic E-state index is 0.214. The Morgan fingerprint density at radius 3 is 2.67 bits per heavy atom. The zero-order valence-electron chi connectivity index (χ0n) is 7.62. The quantitative estimate of drug-likeness (QED) is 0.302. The van der Waals surface area contributed by atoms with Gasteiger partial charge in [-0.05, 0) is 0 Å². The van der Waals surface area contributed by atoms with Gasteiger partial charge in [0.25, 0.3) is 0 Å². The van der Waals surface area contributed by atoms with Crippen LogP contribution in [0.4, 0.5) is 0 Å². The molecule has 0 spiro atoms. The van der Waals surface area contributed by atoms with Crippen molar-refractivity contribution in [1.29, 1.82) is 0 Å². The van der Waals surface area contributed by atoms with E-state index < -0.39 is 29.7 Å². The minimum Gasteiger partial charge on any atom is -0.505 e. The van der Waals surface area contributed by atoms with Crippen LogP contribution in [0, 0.1) is 0 Å². The van der Waals surface area contributed by atoms with Gasteiger partial charge in [0.1, 0.15) is 19.0 Å². The van der Waals surface area contributed by atoms with Gasteiger partial charge in [-0.3, -0.25) is 0 Å². The zero-order valence-corrected chi connectivity index (χ0v) is 7.62. The van der Waals surface area contributed by atoms with Gasteiger partial charge in [0.15, 0.2) is 11.9 Å². The highest BCUT2D eigenvalue weighted by Crippen LogP contribution is 2.21. The fourth-order valence-corrected chi connectivity index (χ4v) is 1.05. The Bertz CT molecular complexity index is 295. The summed E-state index contributed by atoms with van der Waals surface area (Å²) in [5.41, 5.74) is 0. The van der Waals surface area contributed by atoms with Crippen molar-refractivity contribution in [3.8, 4) is 0 Å². The van der Waals surface area contributed by atoms with Crippen LogP contribution in [0.3, 0.4) is 0 Å². The number of esters is 1. The smallest absolute Gasteiger partial charge is 0.377 e. The van der Waals surface area contributed by atoms with Crippen molar-refractivity contribution >= 4 is 12.3 Å². The first kappa shape index (κ1) is 11.5. The average Bonchev–Trinajstić information content (AvgIpc) is 2.46. The van der Waals surface area contributed by atoms with Crippen molar-refractivity contribution in [1.82, 2.24) is 0 Å². The van der Waals surface area contributed by atoms with Gasteiger partial charge in [0.05, 0.1) is 6.61 Å². The molecule has 3 N–H and O–H groups in total. The lowest BCUT2D eigenvalue weighted by Gasteiger charge is -2.16. The van der Waals surface area contributed by atoms with Crippen LogP contribution in [0.5, 0.6) is 0 Å². The molecule has 7 nitrogen and oxygen atoms in total. The molecule has 0 saturated heterocycles. The number of aliphatic hydroxyl groups excluding tert-OH is 3. The molecule has 0 aromatic rings. The zero-order chi connectivity index (χ0) is 11.4. The van der Waals surface area contributed by atoms with Crippen molar-refractivity contribution in [2.45, 2.75) is 12.2 Å². The third kappa shape index (κ3) is 2.45. The van der Waals surface area contributed by atoms with Crippen LogP contribution in [0.25, 0.3) is 0 Å². The molecule has 0 bridgehead atoms. The van der Waals surface area contributed by atoms with Crippen molar-refractivity contribution in [3.63, 3.8) is 0 Å². The van der Waals surface area contributed by atoms with Gasteiger partial charge in [-0.25, -0.2) is 4.79 Å². The monoisotopic (exact) mass is 218 g/mol. The molecule has 0 unspecified atom stereocenters. The van der Waals surface area contributed by atoms with Gasteiger partial charge >= 0.3 is 5.97 Å². The van der Waals surface area contributed by atoms with Gasteiger partial charge in [0, 0.05) is 0 Å². The standard InChI is InChI=1S/C8H10O7/c9-1-2-14-3-4(10)7-5(11)6(12)8(13)15-7/h1,4,7,10-12H,2-3H2/t4-,7+/m0/s1. The fourth-order valence-electron chi connectivity index (χ4n) is 1.05. The van der Waals surface area contributed by atoms with Crippen LogP contribution in [0.1, 0.15) is 0 Å². The molecular formula is C8H10O7. The van der Waals surface area contributed by atoms with Crippen LogP contribution in [0.15, 0.2) is 11.5 Å². The third-order valence-corrected chi connectivity index (χ3v) is 1.76. The fraction of sp³-hybridized carbons (Fsp3) is 0.500. The first-order valence-electron chi connectivity index (χ1n) is 4.10. The Balaban J connectivity index is 2.51. The first-order valence-corrected chi connectivity index (χ1v) is 4.10. The molecule has 0 saturated carbocycles. The normalized spacial score (nSPS) is 22.7. The molecule has 0 aliphatic carbocycles. The average molecular weight is 218 g/mol. The number of aliphatic hydroxyl groups is 3. The van der Waals surface area contributed by atoms with E-state index in [0.717, 1.165) is 0 Å². The van der Waals surface area contributed by atoms with Crippen molar-refractivity contribution < 1.29 is 34.4 Å². The van der Waals surface area contributed by atoms with Gasteiger partial charge < -0.3 is 29.6 Å². The molecule has 2 atom stereocenters. The molecule has 0 aromatic carbocycles. The summed E-state index contributed by atoms with van der Waals surface area (Å²) >= 11 is 0. The van der Waals surface area contributed by atoms with E-state index >= 15 is 0 Å². The Morgan fingerprint density at radius 1 is 1.53 bits per heavy atom. The summed E-state index contributed by atoms with van der Waals surface area (Å²) in [4.78, 5) is 20.6. The lowest BCUT2D eigenvalue weighted by atomic mass is 10.2. The second-order valence-electron chi connectivity index (χ2n) is 2.83. The molecule has 7 heteroatoms. The Kier molecular flexibility index (Phi) is 3.64. The Morgan fingerprint density at radius 2 is 2.20 bits per heavy atom. The topological polar surface area (TPSA) is 113 Å². The number of aldehydes is 1. The van der Waals surface area contributed by atoms with Crippen LogP contribution in [-0.4, -0.2) is 53.0 Å². The lowest BCUT2D eigenvalue weighted by molar-refractivity contribution is -0.148. The maximum absolute atomic E-state index is 10.7. The number of carbonyl (C=O) groups is 2. The summed E-state index contributed by atoms with van der Waals surface area (Å²) in [7, 11) is 0. The van der Waals surface area contributed by atoms with Crippen molar-refractivity contribution in [3.05, 3.63) is 11.5 Å². The van der Waals surface area contributed by atoms with Crippen molar-refractivity contribution in [2.24, 2.45) is 0 Å². The van der Waals surface area contributed by atoms with E-state index in [1.54, 1.807) is 0 Å². The van der Waals surface area contributed by atoms with Crippen LogP contribution >= 0.6 is 0 Å². The number of rotatable bonds is 5. The molecule has 1 heterocycles. The van der Waals surface area contributed by atoms with Crippen LogP contribution in [-0.2, 0) is 19.1 Å². The Hall–Kier alpha value is -1.60. The van der Waals surface area contributed by atoms with Gasteiger partial charge in [-0.1, -0.05) is 0 Å². The predicted molar refractivity (Wildman–Crippen MR) is 45.1 cm³/mol. The number of carbonyl (C=O) groups excluding carboxylic acids is 2. The minimum atomic E-state index is -1.34. The van der Waals surface area contributed by atoms with Crippen LogP contribution < -0.4 is 0 Å². The molecule has 1 aliphatic heterocycles. The number of cyclic esters (lactones) is 1. The number of hydrogen-bond donors (Lipinski definition) is 3. The van der Waals surface area contributed by atoms with Gasteiger partial charge in [0.2, 0.25) is 5.76 Å². The molecule has 0 aromatic heterocycles.